The average molecular weight is 264 g/mol. The third-order valence-electron chi connectivity index (χ3n) is 3.58. The van der Waals surface area contributed by atoms with Crippen molar-refractivity contribution < 1.29 is 0 Å². The van der Waals surface area contributed by atoms with Gasteiger partial charge in [-0.2, -0.15) is 0 Å². The van der Waals surface area contributed by atoms with Crippen LogP contribution in [-0.4, -0.2) is 48.1 Å². The normalized spacial score (nSPS) is 17.3. The van der Waals surface area contributed by atoms with Crippen LogP contribution in [0.5, 0.6) is 0 Å². The molecule has 0 aromatic carbocycles. The van der Waals surface area contributed by atoms with Gasteiger partial charge in [-0.15, -0.1) is 0 Å². The van der Waals surface area contributed by atoms with Gasteiger partial charge in [0.1, 0.15) is 18.0 Å². The van der Waals surface area contributed by atoms with Gasteiger partial charge in [0.25, 0.3) is 0 Å². The third kappa shape index (κ3) is 3.33. The minimum atomic E-state index is 0.754. The highest BCUT2D eigenvalue weighted by atomic mass is 15.3. The Morgan fingerprint density at radius 1 is 1.26 bits per heavy atom. The zero-order chi connectivity index (χ0) is 13.7. The SMILES string of the molecule is CCCc1c(NN)ncnc1N1CCCN(C)CC1. The second-order valence-corrected chi connectivity index (χ2v) is 5.06. The van der Waals surface area contributed by atoms with Crippen LogP contribution in [0.2, 0.25) is 0 Å². The van der Waals surface area contributed by atoms with Crippen molar-refractivity contribution in [2.75, 3.05) is 43.6 Å². The molecule has 0 saturated carbocycles. The van der Waals surface area contributed by atoms with Gasteiger partial charge in [0.05, 0.1) is 0 Å². The van der Waals surface area contributed by atoms with Crippen molar-refractivity contribution >= 4 is 11.6 Å². The van der Waals surface area contributed by atoms with Crippen LogP contribution in [0.4, 0.5) is 11.6 Å². The maximum absolute atomic E-state index is 5.57. The summed E-state index contributed by atoms with van der Waals surface area (Å²) in [6.07, 6.45) is 4.76. The molecule has 0 atom stereocenters. The lowest BCUT2D eigenvalue weighted by molar-refractivity contribution is 0.360. The number of nitrogen functional groups attached to an aromatic ring is 1. The lowest BCUT2D eigenvalue weighted by Crippen LogP contribution is -2.30. The molecule has 0 radical (unpaired) electrons. The second kappa shape index (κ2) is 6.68. The Labute approximate surface area is 115 Å². The Morgan fingerprint density at radius 2 is 2.11 bits per heavy atom. The summed E-state index contributed by atoms with van der Waals surface area (Å²) in [5, 5.41) is 0. The molecule has 0 aliphatic carbocycles. The van der Waals surface area contributed by atoms with Crippen LogP contribution in [0.3, 0.4) is 0 Å². The number of nitrogens with one attached hydrogen (secondary N) is 1. The molecule has 1 fully saturated rings. The van der Waals surface area contributed by atoms with Crippen LogP contribution in [0.1, 0.15) is 25.3 Å². The molecule has 3 N–H and O–H groups in total. The first kappa shape index (κ1) is 14.0. The van der Waals surface area contributed by atoms with Crippen LogP contribution in [0, 0.1) is 0 Å². The minimum Gasteiger partial charge on any atom is -0.355 e. The lowest BCUT2D eigenvalue weighted by Gasteiger charge is -2.24. The van der Waals surface area contributed by atoms with Crippen LogP contribution < -0.4 is 16.2 Å². The number of likely N-dealkylation sites (N-methyl/N-ethyl adjacent to an activating group) is 1. The van der Waals surface area contributed by atoms with Crippen LogP contribution in [0.25, 0.3) is 0 Å². The van der Waals surface area contributed by atoms with Gasteiger partial charge in [-0.3, -0.25) is 0 Å². The van der Waals surface area contributed by atoms with E-state index < -0.39 is 0 Å². The monoisotopic (exact) mass is 264 g/mol. The van der Waals surface area contributed by atoms with Gasteiger partial charge in [-0.05, 0) is 26.4 Å². The zero-order valence-electron chi connectivity index (χ0n) is 11.9. The molecule has 2 heterocycles. The van der Waals surface area contributed by atoms with Gasteiger partial charge in [0.2, 0.25) is 0 Å². The number of hydrogen-bond donors (Lipinski definition) is 2. The van der Waals surface area contributed by atoms with E-state index in [0.29, 0.717) is 0 Å². The van der Waals surface area contributed by atoms with Crippen molar-refractivity contribution in [1.82, 2.24) is 14.9 Å². The number of nitrogens with two attached hydrogens (primary N) is 1. The summed E-state index contributed by atoms with van der Waals surface area (Å²) in [4.78, 5) is 13.4. The van der Waals surface area contributed by atoms with Gasteiger partial charge in [-0.1, -0.05) is 13.3 Å². The van der Waals surface area contributed by atoms with Crippen molar-refractivity contribution in [3.05, 3.63) is 11.9 Å². The van der Waals surface area contributed by atoms with E-state index in [1.165, 1.54) is 0 Å². The Balaban J connectivity index is 2.26. The van der Waals surface area contributed by atoms with E-state index >= 15 is 0 Å². The predicted octanol–water partition coefficient (Wildman–Crippen LogP) is 0.857. The van der Waals surface area contributed by atoms with Crippen molar-refractivity contribution in [2.24, 2.45) is 5.84 Å². The van der Waals surface area contributed by atoms with Crippen LogP contribution in [0.15, 0.2) is 6.33 Å². The van der Waals surface area contributed by atoms with Gasteiger partial charge in [0.15, 0.2) is 0 Å². The van der Waals surface area contributed by atoms with E-state index in [2.05, 4.69) is 39.2 Å². The molecule has 19 heavy (non-hydrogen) atoms. The standard InChI is InChI=1S/C13H24N6/c1-3-5-11-12(17-14)15-10-16-13(11)19-7-4-6-18(2)8-9-19/h10H,3-9,14H2,1-2H3,(H,15,16,17). The molecule has 106 valence electrons. The summed E-state index contributed by atoms with van der Waals surface area (Å²) in [5.41, 5.74) is 3.83. The van der Waals surface area contributed by atoms with Crippen molar-refractivity contribution in [3.63, 3.8) is 0 Å². The molecule has 1 aromatic rings. The quantitative estimate of drug-likeness (QED) is 0.621. The number of hydrogen-bond acceptors (Lipinski definition) is 6. The Bertz CT molecular complexity index is 408. The topological polar surface area (TPSA) is 70.3 Å². The second-order valence-electron chi connectivity index (χ2n) is 5.06. The largest absolute Gasteiger partial charge is 0.355 e. The number of nitrogens with zero attached hydrogens (tertiary/aromatic N) is 4. The Morgan fingerprint density at radius 3 is 2.84 bits per heavy atom. The average Bonchev–Trinajstić information content (AvgIpc) is 2.64. The number of hydrazine groups is 1. The summed E-state index contributed by atoms with van der Waals surface area (Å²) in [7, 11) is 2.17. The first-order valence-corrected chi connectivity index (χ1v) is 7.00. The van der Waals surface area contributed by atoms with Crippen LogP contribution >= 0.6 is 0 Å². The molecule has 6 heteroatoms. The van der Waals surface area contributed by atoms with Crippen molar-refractivity contribution in [2.45, 2.75) is 26.2 Å². The van der Waals surface area contributed by atoms with E-state index in [9.17, 15) is 0 Å². The molecular formula is C13H24N6. The molecule has 0 amide bonds. The molecule has 1 saturated heterocycles. The molecule has 1 aliphatic heterocycles. The fraction of sp³-hybridized carbons (Fsp3) is 0.692. The Hall–Kier alpha value is -1.40. The smallest absolute Gasteiger partial charge is 0.148 e. The van der Waals surface area contributed by atoms with E-state index in [1.54, 1.807) is 6.33 Å². The number of rotatable bonds is 4. The highest BCUT2D eigenvalue weighted by Gasteiger charge is 2.18. The molecule has 0 unspecified atom stereocenters. The fourth-order valence-corrected chi connectivity index (χ4v) is 2.54. The molecule has 0 bridgehead atoms. The first-order chi connectivity index (χ1) is 9.26. The lowest BCUT2D eigenvalue weighted by atomic mass is 10.1. The zero-order valence-corrected chi connectivity index (χ0v) is 11.9. The summed E-state index contributed by atoms with van der Waals surface area (Å²) >= 11 is 0. The highest BCUT2D eigenvalue weighted by Crippen LogP contribution is 2.25. The van der Waals surface area contributed by atoms with Crippen molar-refractivity contribution in [3.8, 4) is 0 Å². The Kier molecular flexibility index (Phi) is 4.93. The summed E-state index contributed by atoms with van der Waals surface area (Å²) in [6.45, 7) is 6.43. The number of aromatic nitrogens is 2. The molecule has 2 rings (SSSR count). The molecule has 1 aromatic heterocycles. The molecular weight excluding hydrogens is 240 g/mol. The van der Waals surface area contributed by atoms with Crippen LogP contribution in [-0.2, 0) is 6.42 Å². The molecule has 0 spiro atoms. The third-order valence-corrected chi connectivity index (χ3v) is 3.58. The van der Waals surface area contributed by atoms with E-state index in [0.717, 1.165) is 62.6 Å². The highest BCUT2D eigenvalue weighted by molar-refractivity contribution is 5.58. The van der Waals surface area contributed by atoms with Gasteiger partial charge < -0.3 is 15.2 Å². The predicted molar refractivity (Wildman–Crippen MR) is 78.2 cm³/mol. The first-order valence-electron chi connectivity index (χ1n) is 7.00. The number of anilines is 2. The van der Waals surface area contributed by atoms with E-state index in [1.807, 2.05) is 0 Å². The van der Waals surface area contributed by atoms with Crippen molar-refractivity contribution in [1.29, 1.82) is 0 Å². The van der Waals surface area contributed by atoms with E-state index in [4.69, 9.17) is 5.84 Å². The minimum absolute atomic E-state index is 0.754. The van der Waals surface area contributed by atoms with Gasteiger partial charge >= 0.3 is 0 Å². The van der Waals surface area contributed by atoms with E-state index in [-0.39, 0.29) is 0 Å². The maximum atomic E-state index is 5.57. The summed E-state index contributed by atoms with van der Waals surface area (Å²) in [6, 6.07) is 0. The molecule has 1 aliphatic rings. The van der Waals surface area contributed by atoms with Gasteiger partial charge in [-0.25, -0.2) is 15.8 Å². The molecule has 6 nitrogen and oxygen atoms in total. The van der Waals surface area contributed by atoms with Gasteiger partial charge in [0, 0.05) is 25.2 Å². The summed E-state index contributed by atoms with van der Waals surface area (Å²) in [5.74, 6) is 7.36. The fourth-order valence-electron chi connectivity index (χ4n) is 2.54. The summed E-state index contributed by atoms with van der Waals surface area (Å²) < 4.78 is 0. The maximum Gasteiger partial charge on any atom is 0.148 e.